The number of thiocarbonyl (C=S) groups is 1. The Labute approximate surface area is 136 Å². The van der Waals surface area contributed by atoms with Crippen LogP contribution < -0.4 is 10.5 Å². The molecule has 1 aromatic carbocycles. The Morgan fingerprint density at radius 2 is 2.05 bits per heavy atom. The smallest absolute Gasteiger partial charge is 0.242 e. The molecule has 0 unspecified atom stereocenters. The lowest BCUT2D eigenvalue weighted by Gasteiger charge is -2.11. The van der Waals surface area contributed by atoms with Crippen LogP contribution in [0.5, 0.6) is 0 Å². The molecule has 0 fully saturated rings. The number of rotatable bonds is 8. The van der Waals surface area contributed by atoms with Crippen LogP contribution in [0.25, 0.3) is 0 Å². The average molecular weight is 350 g/mol. The molecular formula is C13H20ClN3O2S2. The second-order valence-corrected chi connectivity index (χ2v) is 7.50. The highest BCUT2D eigenvalue weighted by molar-refractivity contribution is 7.89. The summed E-state index contributed by atoms with van der Waals surface area (Å²) in [6, 6.07) is 4.43. The Bertz CT molecular complexity index is 603. The molecule has 5 nitrogen and oxygen atoms in total. The van der Waals surface area contributed by atoms with Crippen LogP contribution in [0.1, 0.15) is 18.4 Å². The number of nitrogens with one attached hydrogen (secondary N) is 1. The lowest BCUT2D eigenvalue weighted by molar-refractivity contribution is 0.394. The van der Waals surface area contributed by atoms with Gasteiger partial charge in [0, 0.05) is 12.1 Å². The molecule has 0 saturated carbocycles. The highest BCUT2D eigenvalue weighted by atomic mass is 35.5. The van der Waals surface area contributed by atoms with Crippen LogP contribution in [-0.2, 0) is 10.0 Å². The highest BCUT2D eigenvalue weighted by Crippen LogP contribution is 2.22. The second-order valence-electron chi connectivity index (χ2n) is 4.92. The summed E-state index contributed by atoms with van der Waals surface area (Å²) in [7, 11) is 0.345. The summed E-state index contributed by atoms with van der Waals surface area (Å²) in [6.07, 6.45) is 1.68. The van der Waals surface area contributed by atoms with Crippen molar-refractivity contribution in [2.45, 2.75) is 17.7 Å². The molecule has 0 radical (unpaired) electrons. The molecule has 3 N–H and O–H groups in total. The lowest BCUT2D eigenvalue weighted by atomic mass is 10.2. The minimum Gasteiger partial charge on any atom is -0.389 e. The van der Waals surface area contributed by atoms with Gasteiger partial charge < -0.3 is 10.6 Å². The topological polar surface area (TPSA) is 75.4 Å². The number of unbranched alkanes of at least 4 members (excludes halogenated alkanes) is 1. The predicted octanol–water partition coefficient (Wildman–Crippen LogP) is 1.59. The van der Waals surface area contributed by atoms with E-state index in [-0.39, 0.29) is 14.9 Å². The van der Waals surface area contributed by atoms with Gasteiger partial charge in [-0.25, -0.2) is 13.1 Å². The molecule has 8 heteroatoms. The van der Waals surface area contributed by atoms with Gasteiger partial charge in [0.2, 0.25) is 10.0 Å². The zero-order valence-electron chi connectivity index (χ0n) is 12.1. The number of hydrogen-bond acceptors (Lipinski definition) is 4. The number of nitrogens with zero attached hydrogens (tertiary/aromatic N) is 1. The van der Waals surface area contributed by atoms with Crippen LogP contribution >= 0.6 is 23.8 Å². The van der Waals surface area contributed by atoms with Crippen molar-refractivity contribution >= 4 is 38.8 Å². The van der Waals surface area contributed by atoms with E-state index in [9.17, 15) is 8.42 Å². The van der Waals surface area contributed by atoms with Gasteiger partial charge in [-0.1, -0.05) is 29.9 Å². The summed E-state index contributed by atoms with van der Waals surface area (Å²) >= 11 is 10.8. The van der Waals surface area contributed by atoms with E-state index >= 15 is 0 Å². The fourth-order valence-electron chi connectivity index (χ4n) is 1.71. The van der Waals surface area contributed by atoms with E-state index in [1.54, 1.807) is 6.07 Å². The molecule has 1 rings (SSSR count). The highest BCUT2D eigenvalue weighted by Gasteiger charge is 2.17. The third-order valence-electron chi connectivity index (χ3n) is 2.83. The first-order valence-electron chi connectivity index (χ1n) is 6.48. The Morgan fingerprint density at radius 3 is 2.57 bits per heavy atom. The van der Waals surface area contributed by atoms with Gasteiger partial charge in [-0.2, -0.15) is 0 Å². The second kappa shape index (κ2) is 8.05. The Balaban J connectivity index is 2.68. The lowest BCUT2D eigenvalue weighted by Crippen LogP contribution is -2.26. The van der Waals surface area contributed by atoms with Crippen molar-refractivity contribution in [1.29, 1.82) is 0 Å². The van der Waals surface area contributed by atoms with E-state index in [0.717, 1.165) is 19.4 Å². The third-order valence-corrected chi connectivity index (χ3v) is 5.01. The van der Waals surface area contributed by atoms with E-state index < -0.39 is 10.0 Å². The molecule has 0 heterocycles. The molecule has 0 spiro atoms. The predicted molar refractivity (Wildman–Crippen MR) is 90.3 cm³/mol. The third kappa shape index (κ3) is 5.88. The standard InChI is InChI=1S/C13H20ClN3O2S2/c1-17(2)8-4-3-7-16-21(18,19)12-6-5-10(13(15)20)9-11(12)14/h5-6,9,16H,3-4,7-8H2,1-2H3,(H2,15,20). The Hall–Kier alpha value is -0.730. The minimum atomic E-state index is -3.61. The first-order valence-corrected chi connectivity index (χ1v) is 8.74. The van der Waals surface area contributed by atoms with Crippen molar-refractivity contribution < 1.29 is 8.42 Å². The summed E-state index contributed by atoms with van der Waals surface area (Å²) < 4.78 is 26.9. The van der Waals surface area contributed by atoms with Gasteiger partial charge in [-0.3, -0.25) is 0 Å². The van der Waals surface area contributed by atoms with Gasteiger partial charge in [0.05, 0.1) is 5.02 Å². The largest absolute Gasteiger partial charge is 0.389 e. The quantitative estimate of drug-likeness (QED) is 0.550. The molecule has 0 amide bonds. The van der Waals surface area contributed by atoms with E-state index in [1.165, 1.54) is 12.1 Å². The number of sulfonamides is 1. The van der Waals surface area contributed by atoms with Crippen molar-refractivity contribution in [2.24, 2.45) is 5.73 Å². The molecule has 118 valence electrons. The molecule has 0 saturated heterocycles. The van der Waals surface area contributed by atoms with Crippen molar-refractivity contribution in [2.75, 3.05) is 27.2 Å². The maximum Gasteiger partial charge on any atom is 0.242 e. The summed E-state index contributed by atoms with van der Waals surface area (Å²) in [5, 5.41) is 0.112. The summed E-state index contributed by atoms with van der Waals surface area (Å²) in [6.45, 7) is 1.30. The molecule has 21 heavy (non-hydrogen) atoms. The first-order chi connectivity index (χ1) is 9.74. The fraction of sp³-hybridized carbons (Fsp3) is 0.462. The van der Waals surface area contributed by atoms with Crippen LogP contribution in [0.4, 0.5) is 0 Å². The average Bonchev–Trinajstić information content (AvgIpc) is 2.37. The number of hydrogen-bond donors (Lipinski definition) is 2. The van der Waals surface area contributed by atoms with Crippen molar-refractivity contribution in [1.82, 2.24) is 9.62 Å². The van der Waals surface area contributed by atoms with Crippen LogP contribution in [0.15, 0.2) is 23.1 Å². The van der Waals surface area contributed by atoms with Crippen LogP contribution in [0.2, 0.25) is 5.02 Å². The molecule has 1 aromatic rings. The Kier molecular flexibility index (Phi) is 7.02. The van der Waals surface area contributed by atoms with E-state index in [0.29, 0.717) is 12.1 Å². The first kappa shape index (κ1) is 18.3. The van der Waals surface area contributed by atoms with Crippen molar-refractivity contribution in [3.05, 3.63) is 28.8 Å². The van der Waals surface area contributed by atoms with Crippen molar-refractivity contribution in [3.8, 4) is 0 Å². The molecule has 0 aliphatic rings. The van der Waals surface area contributed by atoms with E-state index in [4.69, 9.17) is 29.6 Å². The van der Waals surface area contributed by atoms with Gasteiger partial charge in [0.1, 0.15) is 9.88 Å². The van der Waals surface area contributed by atoms with Crippen molar-refractivity contribution in [3.63, 3.8) is 0 Å². The van der Waals surface area contributed by atoms with Gasteiger partial charge in [-0.15, -0.1) is 0 Å². The molecule has 0 bridgehead atoms. The normalized spacial score (nSPS) is 11.8. The minimum absolute atomic E-state index is 0.0387. The summed E-state index contributed by atoms with van der Waals surface area (Å²) in [5.41, 5.74) is 6.03. The zero-order chi connectivity index (χ0) is 16.0. The summed E-state index contributed by atoms with van der Waals surface area (Å²) in [4.78, 5) is 2.27. The Morgan fingerprint density at radius 1 is 1.38 bits per heavy atom. The maximum atomic E-state index is 12.2. The van der Waals surface area contributed by atoms with Gasteiger partial charge in [0.15, 0.2) is 0 Å². The molecule has 0 aliphatic heterocycles. The molecular weight excluding hydrogens is 330 g/mol. The fourth-order valence-corrected chi connectivity index (χ4v) is 3.45. The summed E-state index contributed by atoms with van der Waals surface area (Å²) in [5.74, 6) is 0. The van der Waals surface area contributed by atoms with E-state index in [2.05, 4.69) is 9.62 Å². The van der Waals surface area contributed by atoms with Gasteiger partial charge in [0.25, 0.3) is 0 Å². The number of benzene rings is 1. The SMILES string of the molecule is CN(C)CCCCNS(=O)(=O)c1ccc(C(N)=S)cc1Cl. The monoisotopic (exact) mass is 349 g/mol. The molecule has 0 atom stereocenters. The molecule has 0 aliphatic carbocycles. The van der Waals surface area contributed by atoms with Gasteiger partial charge in [-0.05, 0) is 45.6 Å². The van der Waals surface area contributed by atoms with Gasteiger partial charge >= 0.3 is 0 Å². The van der Waals surface area contributed by atoms with Crippen LogP contribution in [0, 0.1) is 0 Å². The maximum absolute atomic E-state index is 12.2. The number of halogens is 1. The number of nitrogens with two attached hydrogens (primary N) is 1. The zero-order valence-corrected chi connectivity index (χ0v) is 14.5. The van der Waals surface area contributed by atoms with Crippen LogP contribution in [-0.4, -0.2) is 45.5 Å². The molecule has 0 aromatic heterocycles. The van der Waals surface area contributed by atoms with Crippen LogP contribution in [0.3, 0.4) is 0 Å². The van der Waals surface area contributed by atoms with E-state index in [1.807, 2.05) is 14.1 Å².